The molecule has 0 saturated heterocycles. The van der Waals surface area contributed by atoms with Crippen LogP contribution in [-0.2, 0) is 0 Å². The van der Waals surface area contributed by atoms with Crippen molar-refractivity contribution in [3.63, 3.8) is 0 Å². The molecule has 2 nitrogen and oxygen atoms in total. The van der Waals surface area contributed by atoms with Gasteiger partial charge >= 0.3 is 0 Å². The summed E-state index contributed by atoms with van der Waals surface area (Å²) >= 11 is 0. The number of fused-ring (bicyclic) bond motifs is 1. The van der Waals surface area contributed by atoms with Crippen molar-refractivity contribution in [2.45, 2.75) is 19.8 Å². The SMILES string of the molecule is CC(C)c1ccnc(-c2ccc(F)c3ccccc23)n1. The van der Waals surface area contributed by atoms with Gasteiger partial charge in [0, 0.05) is 22.8 Å². The van der Waals surface area contributed by atoms with Crippen LogP contribution < -0.4 is 0 Å². The summed E-state index contributed by atoms with van der Waals surface area (Å²) in [7, 11) is 0. The van der Waals surface area contributed by atoms with E-state index in [1.165, 1.54) is 6.07 Å². The number of rotatable bonds is 2. The lowest BCUT2D eigenvalue weighted by Gasteiger charge is -2.09. The number of nitrogens with zero attached hydrogens (tertiary/aromatic N) is 2. The van der Waals surface area contributed by atoms with Gasteiger partial charge in [0.1, 0.15) is 5.82 Å². The maximum Gasteiger partial charge on any atom is 0.160 e. The molecule has 0 bridgehead atoms. The van der Waals surface area contributed by atoms with Gasteiger partial charge in [0.2, 0.25) is 0 Å². The highest BCUT2D eigenvalue weighted by Gasteiger charge is 2.10. The third-order valence-electron chi connectivity index (χ3n) is 3.38. The lowest BCUT2D eigenvalue weighted by Crippen LogP contribution is -1.97. The number of hydrogen-bond donors (Lipinski definition) is 0. The van der Waals surface area contributed by atoms with E-state index in [0.29, 0.717) is 17.1 Å². The van der Waals surface area contributed by atoms with Gasteiger partial charge in [-0.25, -0.2) is 14.4 Å². The molecule has 3 heteroatoms. The van der Waals surface area contributed by atoms with E-state index in [0.717, 1.165) is 16.6 Å². The monoisotopic (exact) mass is 266 g/mol. The second-order valence-corrected chi connectivity index (χ2v) is 5.10. The number of halogens is 1. The van der Waals surface area contributed by atoms with E-state index < -0.39 is 0 Å². The van der Waals surface area contributed by atoms with Gasteiger partial charge in [0.25, 0.3) is 0 Å². The van der Waals surface area contributed by atoms with Gasteiger partial charge in [0.15, 0.2) is 5.82 Å². The van der Waals surface area contributed by atoms with E-state index >= 15 is 0 Å². The van der Waals surface area contributed by atoms with Crippen LogP contribution in [-0.4, -0.2) is 9.97 Å². The molecule has 0 radical (unpaired) electrons. The summed E-state index contributed by atoms with van der Waals surface area (Å²) in [6, 6.07) is 12.6. The maximum absolute atomic E-state index is 13.8. The van der Waals surface area contributed by atoms with Crippen molar-refractivity contribution in [2.24, 2.45) is 0 Å². The van der Waals surface area contributed by atoms with Crippen molar-refractivity contribution < 1.29 is 4.39 Å². The highest BCUT2D eigenvalue weighted by molar-refractivity contribution is 5.95. The van der Waals surface area contributed by atoms with Crippen molar-refractivity contribution in [1.29, 1.82) is 0 Å². The van der Waals surface area contributed by atoms with Gasteiger partial charge in [-0.1, -0.05) is 38.1 Å². The minimum atomic E-state index is -0.218. The summed E-state index contributed by atoms with van der Waals surface area (Å²) in [6.45, 7) is 4.18. The quantitative estimate of drug-likeness (QED) is 0.679. The molecule has 0 fully saturated rings. The van der Waals surface area contributed by atoms with Crippen molar-refractivity contribution in [3.05, 3.63) is 60.2 Å². The second kappa shape index (κ2) is 5.00. The molecule has 0 saturated carbocycles. The smallest absolute Gasteiger partial charge is 0.160 e. The maximum atomic E-state index is 13.8. The third-order valence-corrected chi connectivity index (χ3v) is 3.38. The molecule has 100 valence electrons. The summed E-state index contributed by atoms with van der Waals surface area (Å²) in [4.78, 5) is 8.93. The van der Waals surface area contributed by atoms with Crippen molar-refractivity contribution in [2.75, 3.05) is 0 Å². The molecule has 0 spiro atoms. The first-order chi connectivity index (χ1) is 9.66. The molecule has 20 heavy (non-hydrogen) atoms. The van der Waals surface area contributed by atoms with Gasteiger partial charge < -0.3 is 0 Å². The highest BCUT2D eigenvalue weighted by Crippen LogP contribution is 2.28. The molecular formula is C17H15FN2. The Morgan fingerprint density at radius 1 is 0.950 bits per heavy atom. The molecule has 3 rings (SSSR count). The molecule has 0 aliphatic heterocycles. The van der Waals surface area contributed by atoms with E-state index in [-0.39, 0.29) is 5.82 Å². The summed E-state index contributed by atoms with van der Waals surface area (Å²) in [5.74, 6) is 0.764. The summed E-state index contributed by atoms with van der Waals surface area (Å²) in [6.07, 6.45) is 1.76. The van der Waals surface area contributed by atoms with Gasteiger partial charge in [-0.3, -0.25) is 0 Å². The molecule has 1 heterocycles. The molecule has 3 aromatic rings. The van der Waals surface area contributed by atoms with Gasteiger partial charge in [-0.05, 0) is 29.5 Å². The van der Waals surface area contributed by atoms with Crippen LogP contribution in [0.15, 0.2) is 48.7 Å². The molecule has 0 N–H and O–H groups in total. The van der Waals surface area contributed by atoms with Crippen molar-refractivity contribution in [1.82, 2.24) is 9.97 Å². The Hall–Kier alpha value is -2.29. The second-order valence-electron chi connectivity index (χ2n) is 5.10. The van der Waals surface area contributed by atoms with E-state index in [2.05, 4.69) is 23.8 Å². The minimum Gasteiger partial charge on any atom is -0.237 e. The van der Waals surface area contributed by atoms with Crippen LogP contribution in [0.4, 0.5) is 4.39 Å². The first-order valence-corrected chi connectivity index (χ1v) is 6.67. The standard InChI is InChI=1S/C17H15FN2/c1-11(2)16-9-10-19-17(20-16)14-7-8-15(18)13-6-4-3-5-12(13)14/h3-11H,1-2H3. The molecule has 2 aromatic carbocycles. The van der Waals surface area contributed by atoms with Crippen molar-refractivity contribution in [3.8, 4) is 11.4 Å². The van der Waals surface area contributed by atoms with E-state index in [1.54, 1.807) is 18.3 Å². The Kier molecular flexibility index (Phi) is 3.18. The van der Waals surface area contributed by atoms with Crippen molar-refractivity contribution >= 4 is 10.8 Å². The lowest BCUT2D eigenvalue weighted by atomic mass is 10.0. The van der Waals surface area contributed by atoms with Gasteiger partial charge in [-0.15, -0.1) is 0 Å². The molecular weight excluding hydrogens is 251 g/mol. The third kappa shape index (κ3) is 2.16. The fourth-order valence-electron chi connectivity index (χ4n) is 2.28. The highest BCUT2D eigenvalue weighted by atomic mass is 19.1. The predicted molar refractivity (Wildman–Crippen MR) is 79.0 cm³/mol. The van der Waals surface area contributed by atoms with Crippen LogP contribution in [0.25, 0.3) is 22.2 Å². The Morgan fingerprint density at radius 2 is 1.70 bits per heavy atom. The zero-order chi connectivity index (χ0) is 14.1. The lowest BCUT2D eigenvalue weighted by molar-refractivity contribution is 0.640. The first-order valence-electron chi connectivity index (χ1n) is 6.67. The Labute approximate surface area is 117 Å². The first kappa shape index (κ1) is 12.7. The molecule has 0 aliphatic carbocycles. The zero-order valence-corrected chi connectivity index (χ0v) is 11.5. The fraction of sp³-hybridized carbons (Fsp3) is 0.176. The Bertz CT molecular complexity index is 766. The summed E-state index contributed by atoms with van der Waals surface area (Å²) in [5, 5.41) is 1.44. The molecule has 1 aromatic heterocycles. The van der Waals surface area contributed by atoms with Crippen LogP contribution in [0.5, 0.6) is 0 Å². The average molecular weight is 266 g/mol. The largest absolute Gasteiger partial charge is 0.237 e. The van der Waals surface area contributed by atoms with Crippen LogP contribution in [0.1, 0.15) is 25.5 Å². The normalized spacial score (nSPS) is 11.2. The minimum absolute atomic E-state index is 0.218. The van der Waals surface area contributed by atoms with E-state index in [1.807, 2.05) is 24.3 Å². The fourth-order valence-corrected chi connectivity index (χ4v) is 2.28. The average Bonchev–Trinajstić information content (AvgIpc) is 2.48. The number of aromatic nitrogens is 2. The molecule has 0 amide bonds. The van der Waals surface area contributed by atoms with Crippen LogP contribution >= 0.6 is 0 Å². The molecule has 0 atom stereocenters. The summed E-state index contributed by atoms with van der Waals surface area (Å²) < 4.78 is 13.8. The van der Waals surface area contributed by atoms with Crippen LogP contribution in [0, 0.1) is 5.82 Å². The van der Waals surface area contributed by atoms with Crippen LogP contribution in [0.2, 0.25) is 0 Å². The molecule has 0 aliphatic rings. The van der Waals surface area contributed by atoms with Gasteiger partial charge in [-0.2, -0.15) is 0 Å². The Morgan fingerprint density at radius 3 is 2.45 bits per heavy atom. The molecule has 0 unspecified atom stereocenters. The van der Waals surface area contributed by atoms with E-state index in [4.69, 9.17) is 0 Å². The predicted octanol–water partition coefficient (Wildman–Crippen LogP) is 4.56. The topological polar surface area (TPSA) is 25.8 Å². The number of benzene rings is 2. The number of hydrogen-bond acceptors (Lipinski definition) is 2. The Balaban J connectivity index is 2.25. The van der Waals surface area contributed by atoms with Crippen LogP contribution in [0.3, 0.4) is 0 Å². The van der Waals surface area contributed by atoms with E-state index in [9.17, 15) is 4.39 Å². The zero-order valence-electron chi connectivity index (χ0n) is 11.5. The van der Waals surface area contributed by atoms with Gasteiger partial charge in [0.05, 0.1) is 0 Å². The summed E-state index contributed by atoms with van der Waals surface area (Å²) in [5.41, 5.74) is 1.85.